The molecule has 1 aliphatic heterocycles. The quantitative estimate of drug-likeness (QED) is 0.747. The molecule has 7 heteroatoms. The van der Waals surface area contributed by atoms with Crippen molar-refractivity contribution < 1.29 is 14.4 Å². The number of carbonyl (C=O) groups is 3. The molecule has 1 aliphatic rings. The third kappa shape index (κ3) is 3.77. The van der Waals surface area contributed by atoms with E-state index in [1.807, 2.05) is 30.3 Å². The van der Waals surface area contributed by atoms with Crippen LogP contribution in [0.4, 0.5) is 15.3 Å². The van der Waals surface area contributed by atoms with Gasteiger partial charge in [-0.15, -0.1) is 0 Å². The Kier molecular flexibility index (Phi) is 4.65. The smallest absolute Gasteiger partial charge is 0.324 e. The molecule has 0 aromatic heterocycles. The van der Waals surface area contributed by atoms with E-state index in [0.29, 0.717) is 17.8 Å². The van der Waals surface area contributed by atoms with Gasteiger partial charge in [-0.25, -0.2) is 9.59 Å². The fourth-order valence-corrected chi connectivity index (χ4v) is 2.51. The van der Waals surface area contributed by atoms with Gasteiger partial charge in [-0.1, -0.05) is 42.5 Å². The van der Waals surface area contributed by atoms with Crippen LogP contribution in [0.25, 0.3) is 0 Å². The molecule has 0 radical (unpaired) electrons. The number of benzene rings is 2. The molecule has 2 aromatic carbocycles. The SMILES string of the molecule is CN1C(=O)NC(c2ccc(NC(=O)NCc3ccccc3)cc2)C1=O. The molecule has 1 unspecified atom stereocenters. The monoisotopic (exact) mass is 338 g/mol. The Morgan fingerprint density at radius 2 is 1.76 bits per heavy atom. The van der Waals surface area contributed by atoms with Crippen molar-refractivity contribution in [2.24, 2.45) is 0 Å². The van der Waals surface area contributed by atoms with Crippen LogP contribution in [0, 0.1) is 0 Å². The van der Waals surface area contributed by atoms with Crippen molar-refractivity contribution in [1.82, 2.24) is 15.5 Å². The fourth-order valence-electron chi connectivity index (χ4n) is 2.51. The van der Waals surface area contributed by atoms with Gasteiger partial charge in [0.1, 0.15) is 6.04 Å². The van der Waals surface area contributed by atoms with Crippen molar-refractivity contribution in [3.8, 4) is 0 Å². The summed E-state index contributed by atoms with van der Waals surface area (Å²) in [6.45, 7) is 0.430. The van der Waals surface area contributed by atoms with Gasteiger partial charge < -0.3 is 16.0 Å². The van der Waals surface area contributed by atoms with Gasteiger partial charge >= 0.3 is 12.1 Å². The minimum absolute atomic E-state index is 0.300. The van der Waals surface area contributed by atoms with Crippen LogP contribution in [0.15, 0.2) is 54.6 Å². The summed E-state index contributed by atoms with van der Waals surface area (Å²) in [5.41, 5.74) is 2.27. The zero-order chi connectivity index (χ0) is 17.8. The van der Waals surface area contributed by atoms with Crippen LogP contribution in [0.3, 0.4) is 0 Å². The number of rotatable bonds is 4. The van der Waals surface area contributed by atoms with Crippen molar-refractivity contribution in [2.75, 3.05) is 12.4 Å². The van der Waals surface area contributed by atoms with E-state index in [0.717, 1.165) is 10.5 Å². The van der Waals surface area contributed by atoms with Gasteiger partial charge in [-0.3, -0.25) is 9.69 Å². The summed E-state index contributed by atoms with van der Waals surface area (Å²) in [7, 11) is 1.44. The van der Waals surface area contributed by atoms with E-state index in [2.05, 4.69) is 16.0 Å². The number of urea groups is 2. The lowest BCUT2D eigenvalue weighted by atomic mass is 10.1. The molecule has 128 valence electrons. The number of carbonyl (C=O) groups excluding carboxylic acids is 3. The third-order valence-corrected chi connectivity index (χ3v) is 3.95. The zero-order valence-electron chi connectivity index (χ0n) is 13.7. The largest absolute Gasteiger partial charge is 0.334 e. The van der Waals surface area contributed by atoms with Crippen LogP contribution in [0.1, 0.15) is 17.2 Å². The predicted octanol–water partition coefficient (Wildman–Crippen LogP) is 2.23. The van der Waals surface area contributed by atoms with Crippen molar-refractivity contribution in [3.63, 3.8) is 0 Å². The zero-order valence-corrected chi connectivity index (χ0v) is 13.7. The molecule has 0 aliphatic carbocycles. The molecule has 1 saturated heterocycles. The van der Waals surface area contributed by atoms with E-state index >= 15 is 0 Å². The Bertz CT molecular complexity index is 790. The van der Waals surface area contributed by atoms with Crippen LogP contribution >= 0.6 is 0 Å². The highest BCUT2D eigenvalue weighted by Crippen LogP contribution is 2.22. The highest BCUT2D eigenvalue weighted by Gasteiger charge is 2.36. The molecular weight excluding hydrogens is 320 g/mol. The summed E-state index contributed by atoms with van der Waals surface area (Å²) in [4.78, 5) is 36.4. The molecule has 0 bridgehead atoms. The molecule has 5 amide bonds. The first kappa shape index (κ1) is 16.5. The summed E-state index contributed by atoms with van der Waals surface area (Å²) in [5.74, 6) is -0.300. The maximum atomic E-state index is 12.0. The maximum Gasteiger partial charge on any atom is 0.324 e. The number of anilines is 1. The average Bonchev–Trinajstić information content (AvgIpc) is 2.89. The highest BCUT2D eigenvalue weighted by molar-refractivity contribution is 6.04. The van der Waals surface area contributed by atoms with Gasteiger partial charge in [-0.2, -0.15) is 0 Å². The Morgan fingerprint density at radius 3 is 2.36 bits per heavy atom. The number of nitrogens with zero attached hydrogens (tertiary/aromatic N) is 1. The summed E-state index contributed by atoms with van der Waals surface area (Å²) >= 11 is 0. The Hall–Kier alpha value is -3.35. The normalized spacial score (nSPS) is 16.5. The number of amides is 5. The second-order valence-corrected chi connectivity index (χ2v) is 5.70. The average molecular weight is 338 g/mol. The molecule has 0 saturated carbocycles. The van der Waals surface area contributed by atoms with Gasteiger partial charge in [0, 0.05) is 19.3 Å². The molecule has 1 fully saturated rings. The van der Waals surface area contributed by atoms with Crippen molar-refractivity contribution in [3.05, 3.63) is 65.7 Å². The van der Waals surface area contributed by atoms with Gasteiger partial charge in [0.15, 0.2) is 0 Å². The van der Waals surface area contributed by atoms with E-state index < -0.39 is 12.1 Å². The minimum atomic E-state index is -0.682. The lowest BCUT2D eigenvalue weighted by molar-refractivity contribution is -0.126. The lowest BCUT2D eigenvalue weighted by Gasteiger charge is -2.11. The molecule has 3 N–H and O–H groups in total. The Labute approximate surface area is 145 Å². The van der Waals surface area contributed by atoms with E-state index in [1.165, 1.54) is 7.05 Å². The second-order valence-electron chi connectivity index (χ2n) is 5.70. The summed E-state index contributed by atoms with van der Waals surface area (Å²) in [6.07, 6.45) is 0. The van der Waals surface area contributed by atoms with Gasteiger partial charge in [0.2, 0.25) is 0 Å². The molecular formula is C18H18N4O3. The minimum Gasteiger partial charge on any atom is -0.334 e. The summed E-state index contributed by atoms with van der Waals surface area (Å²) < 4.78 is 0. The number of nitrogens with one attached hydrogen (secondary N) is 3. The molecule has 3 rings (SSSR count). The van der Waals surface area contributed by atoms with E-state index in [1.54, 1.807) is 24.3 Å². The number of imide groups is 1. The predicted molar refractivity (Wildman–Crippen MR) is 92.8 cm³/mol. The van der Waals surface area contributed by atoms with Crippen LogP contribution in [-0.2, 0) is 11.3 Å². The van der Waals surface area contributed by atoms with Gasteiger partial charge in [0.05, 0.1) is 0 Å². The van der Waals surface area contributed by atoms with E-state index in [4.69, 9.17) is 0 Å². The first-order chi connectivity index (χ1) is 12.0. The Balaban J connectivity index is 1.56. The van der Waals surface area contributed by atoms with Gasteiger partial charge in [-0.05, 0) is 23.3 Å². The standard InChI is InChI=1S/C18H18N4O3/c1-22-16(23)15(21-18(22)25)13-7-9-14(10-8-13)20-17(24)19-11-12-5-3-2-4-6-12/h2-10,15H,11H2,1H3,(H,21,25)(H2,19,20,24). The molecule has 25 heavy (non-hydrogen) atoms. The van der Waals surface area contributed by atoms with Crippen LogP contribution in [-0.4, -0.2) is 29.9 Å². The third-order valence-electron chi connectivity index (χ3n) is 3.95. The van der Waals surface area contributed by atoms with Crippen molar-refractivity contribution in [2.45, 2.75) is 12.6 Å². The molecule has 2 aromatic rings. The van der Waals surface area contributed by atoms with Crippen molar-refractivity contribution >= 4 is 23.7 Å². The lowest BCUT2D eigenvalue weighted by Crippen LogP contribution is -2.28. The molecule has 0 spiro atoms. The maximum absolute atomic E-state index is 12.0. The molecule has 7 nitrogen and oxygen atoms in total. The number of likely N-dealkylation sites (N-methyl/N-ethyl adjacent to an activating group) is 1. The molecule has 1 atom stereocenters. The van der Waals surface area contributed by atoms with E-state index in [9.17, 15) is 14.4 Å². The van der Waals surface area contributed by atoms with Gasteiger partial charge in [0.25, 0.3) is 5.91 Å². The topological polar surface area (TPSA) is 90.5 Å². The van der Waals surface area contributed by atoms with E-state index in [-0.39, 0.29) is 11.9 Å². The van der Waals surface area contributed by atoms with Crippen molar-refractivity contribution in [1.29, 1.82) is 0 Å². The fraction of sp³-hybridized carbons (Fsp3) is 0.167. The van der Waals surface area contributed by atoms with Crippen LogP contribution in [0.5, 0.6) is 0 Å². The summed E-state index contributed by atoms with van der Waals surface area (Å²) in [6, 6.07) is 15.0. The van der Waals surface area contributed by atoms with Crippen LogP contribution < -0.4 is 16.0 Å². The Morgan fingerprint density at radius 1 is 1.08 bits per heavy atom. The first-order valence-electron chi connectivity index (χ1n) is 7.81. The number of hydrogen-bond donors (Lipinski definition) is 3. The molecule has 1 heterocycles. The summed E-state index contributed by atoms with van der Waals surface area (Å²) in [5, 5.41) is 8.10. The van der Waals surface area contributed by atoms with Crippen LogP contribution in [0.2, 0.25) is 0 Å². The highest BCUT2D eigenvalue weighted by atomic mass is 16.2. The first-order valence-corrected chi connectivity index (χ1v) is 7.81. The second kappa shape index (κ2) is 7.04. The number of hydrogen-bond acceptors (Lipinski definition) is 3.